The highest BCUT2D eigenvalue weighted by Gasteiger charge is 2.41. The van der Waals surface area contributed by atoms with Gasteiger partial charge in [-0.1, -0.05) is 25.1 Å². The van der Waals surface area contributed by atoms with E-state index in [2.05, 4.69) is 93.5 Å². The summed E-state index contributed by atoms with van der Waals surface area (Å²) < 4.78 is 19.1. The van der Waals surface area contributed by atoms with Gasteiger partial charge in [0, 0.05) is 59.2 Å². The van der Waals surface area contributed by atoms with Crippen LogP contribution in [0.5, 0.6) is 0 Å². The van der Waals surface area contributed by atoms with Gasteiger partial charge in [-0.15, -0.1) is 16.7 Å². The molecule has 0 saturated carbocycles. The largest absolute Gasteiger partial charge is 0.354 e. The molecule has 4 aromatic heterocycles. The molecular formula is C32H36ClFN10. The Kier molecular flexibility index (Phi) is 6.95. The Labute approximate surface area is 260 Å². The van der Waals surface area contributed by atoms with Gasteiger partial charge in [-0.25, -0.2) is 4.68 Å². The van der Waals surface area contributed by atoms with Gasteiger partial charge < -0.3 is 4.90 Å². The number of nitrogens with zero attached hydrogens (tertiary/aromatic N) is 9. The average molecular weight is 615 g/mol. The molecule has 1 fully saturated rings. The molecule has 1 N–H and O–H groups in total. The van der Waals surface area contributed by atoms with Gasteiger partial charge in [0.2, 0.25) is 0 Å². The Morgan fingerprint density at radius 2 is 2.05 bits per heavy atom. The molecule has 0 amide bonds. The summed E-state index contributed by atoms with van der Waals surface area (Å²) in [5, 5.41) is 22.1. The highest BCUT2D eigenvalue weighted by Crippen LogP contribution is 2.47. The van der Waals surface area contributed by atoms with E-state index in [0.29, 0.717) is 5.82 Å². The van der Waals surface area contributed by atoms with Crippen LogP contribution in [0, 0.1) is 18.9 Å². The third kappa shape index (κ3) is 4.39. The van der Waals surface area contributed by atoms with Crippen molar-refractivity contribution in [1.29, 1.82) is 0 Å². The molecule has 44 heavy (non-hydrogen) atoms. The van der Waals surface area contributed by atoms with Gasteiger partial charge in [0.1, 0.15) is 12.1 Å². The normalized spacial score (nSPS) is 22.4. The van der Waals surface area contributed by atoms with E-state index in [1.54, 1.807) is 0 Å². The third-order valence-electron chi connectivity index (χ3n) is 9.76. The van der Waals surface area contributed by atoms with Crippen molar-refractivity contribution in [3.63, 3.8) is 0 Å². The van der Waals surface area contributed by atoms with E-state index in [1.807, 2.05) is 24.1 Å². The number of alkyl halides is 1. The number of likely N-dealkylation sites (tertiary alicyclic amines) is 1. The Hall–Kier alpha value is -4.25. The second-order valence-electron chi connectivity index (χ2n) is 12.1. The number of aromatic nitrogens is 9. The molecule has 0 spiro atoms. The van der Waals surface area contributed by atoms with Crippen molar-refractivity contribution < 1.29 is 4.39 Å². The lowest BCUT2D eigenvalue weighted by molar-refractivity contribution is 0.235. The molecule has 0 radical (unpaired) electrons. The highest BCUT2D eigenvalue weighted by atomic mass is 35.5. The van der Waals surface area contributed by atoms with Crippen LogP contribution in [0.4, 0.5) is 4.39 Å². The molecule has 1 aliphatic heterocycles. The number of aromatic amines is 1. The fraction of sp³-hybridized carbons (Fsp3) is 0.406. The van der Waals surface area contributed by atoms with Crippen LogP contribution in [0.25, 0.3) is 34.1 Å². The number of fused-ring (bicyclic) bond motifs is 2. The summed E-state index contributed by atoms with van der Waals surface area (Å²) in [6, 6.07) is 6.65. The zero-order chi connectivity index (χ0) is 30.9. The van der Waals surface area contributed by atoms with Crippen LogP contribution in [0.3, 0.4) is 0 Å². The Morgan fingerprint density at radius 3 is 2.80 bits per heavy atom. The van der Waals surface area contributed by atoms with Gasteiger partial charge in [-0.3, -0.25) is 14.5 Å². The van der Waals surface area contributed by atoms with E-state index >= 15 is 0 Å². The fourth-order valence-corrected chi connectivity index (χ4v) is 7.77. The van der Waals surface area contributed by atoms with Crippen molar-refractivity contribution >= 4 is 34.4 Å². The van der Waals surface area contributed by atoms with Gasteiger partial charge in [-0.2, -0.15) is 24.7 Å². The molecule has 1 saturated heterocycles. The smallest absolute Gasteiger partial charge is 0.327 e. The van der Waals surface area contributed by atoms with Crippen LogP contribution in [-0.4, -0.2) is 67.4 Å². The molecule has 12 heteroatoms. The topological polar surface area (TPSA) is 98.3 Å². The minimum absolute atomic E-state index is 0.114. The average Bonchev–Trinajstić information content (AvgIpc) is 3.84. The number of allylic oxidation sites excluding steroid dienone is 1. The second kappa shape index (κ2) is 10.7. The number of hydrogen-bond donors (Lipinski definition) is 1. The van der Waals surface area contributed by atoms with Crippen molar-refractivity contribution in [2.45, 2.75) is 63.9 Å². The Balaban J connectivity index is 1.34. The molecule has 10 nitrogen and oxygen atoms in total. The first-order valence-electron chi connectivity index (χ1n) is 15.1. The van der Waals surface area contributed by atoms with E-state index in [0.717, 1.165) is 69.6 Å². The lowest BCUT2D eigenvalue weighted by Gasteiger charge is -2.32. The van der Waals surface area contributed by atoms with E-state index in [-0.39, 0.29) is 29.3 Å². The lowest BCUT2D eigenvalue weighted by atomic mass is 9.80. The quantitative estimate of drug-likeness (QED) is 0.221. The molecule has 5 unspecified atom stereocenters. The maximum atomic E-state index is 13.6. The van der Waals surface area contributed by atoms with Gasteiger partial charge in [0.05, 0.1) is 40.7 Å². The summed E-state index contributed by atoms with van der Waals surface area (Å²) in [7, 11) is 1.95. The molecule has 1 aliphatic carbocycles. The summed E-state index contributed by atoms with van der Waals surface area (Å²) >= 11 is 7.25. The predicted molar refractivity (Wildman–Crippen MR) is 169 cm³/mol. The van der Waals surface area contributed by atoms with Crippen molar-refractivity contribution in [2.24, 2.45) is 13.0 Å². The van der Waals surface area contributed by atoms with E-state index in [9.17, 15) is 4.39 Å². The molecule has 1 aromatic carbocycles. The molecule has 0 bridgehead atoms. The molecule has 5 aromatic rings. The first-order chi connectivity index (χ1) is 21.2. The fourth-order valence-electron chi connectivity index (χ4n) is 7.45. The maximum Gasteiger partial charge on any atom is 0.327 e. The number of H-pyrrole nitrogens is 1. The third-order valence-corrected chi connectivity index (χ3v) is 10.4. The minimum atomic E-state index is -0.760. The van der Waals surface area contributed by atoms with Gasteiger partial charge in [0.25, 0.3) is 0 Å². The van der Waals surface area contributed by atoms with Crippen LogP contribution in [0.2, 0.25) is 0 Å². The summed E-state index contributed by atoms with van der Waals surface area (Å²) in [6.45, 7) is 13.7. The van der Waals surface area contributed by atoms with Gasteiger partial charge >= 0.3 is 6.08 Å². The predicted octanol–water partition coefficient (Wildman–Crippen LogP) is 6.15. The monoisotopic (exact) mass is 614 g/mol. The number of benzene rings is 1. The molecule has 5 heterocycles. The van der Waals surface area contributed by atoms with E-state index in [4.69, 9.17) is 16.7 Å². The van der Waals surface area contributed by atoms with Crippen LogP contribution < -0.4 is 0 Å². The second-order valence-corrected chi connectivity index (χ2v) is 12.5. The molecule has 2 aliphatic rings. The van der Waals surface area contributed by atoms with Crippen molar-refractivity contribution in [2.75, 3.05) is 6.54 Å². The zero-order valence-electron chi connectivity index (χ0n) is 25.5. The van der Waals surface area contributed by atoms with Crippen LogP contribution in [0.15, 0.2) is 49.1 Å². The summed E-state index contributed by atoms with van der Waals surface area (Å²) in [5.74, 6) is 0.770. The van der Waals surface area contributed by atoms with E-state index < -0.39 is 6.08 Å². The molecular weight excluding hydrogens is 579 g/mol. The Morgan fingerprint density at radius 1 is 1.23 bits per heavy atom. The Bertz CT molecular complexity index is 1910. The summed E-state index contributed by atoms with van der Waals surface area (Å²) in [5.41, 5.74) is 8.38. The van der Waals surface area contributed by atoms with Crippen molar-refractivity contribution in [3.05, 3.63) is 77.7 Å². The zero-order valence-corrected chi connectivity index (χ0v) is 26.3. The first kappa shape index (κ1) is 28.5. The number of hydrogen-bond acceptors (Lipinski definition) is 6. The van der Waals surface area contributed by atoms with E-state index in [1.165, 1.54) is 11.0 Å². The standard InChI is InChI=1S/C32H36ClFN10/c1-7-26(23-10-11-42(18(23)3)20(5)43-16-35-32(34)40-43)44-19(4)28(29-24-15-36-38-25(24)12-17(2)30(29)33)31(39-44)21-8-9-27-22(13-21)14-37-41(27)6/h8-9,12-16,18,23,26,29-30H,5,7,10-11H2,1-4,6H3,(H,36,38). The minimum Gasteiger partial charge on any atom is -0.354 e. The van der Waals surface area contributed by atoms with Crippen LogP contribution in [-0.2, 0) is 7.05 Å². The first-order valence-corrected chi connectivity index (χ1v) is 15.5. The van der Waals surface area contributed by atoms with Crippen molar-refractivity contribution in [3.8, 4) is 11.3 Å². The van der Waals surface area contributed by atoms with Gasteiger partial charge in [0.15, 0.2) is 0 Å². The van der Waals surface area contributed by atoms with Crippen LogP contribution in [0.1, 0.15) is 68.1 Å². The summed E-state index contributed by atoms with van der Waals surface area (Å²) in [4.78, 5) is 5.84. The number of aryl methyl sites for hydroxylation is 1. The molecule has 228 valence electrons. The number of rotatable bonds is 7. The molecule has 5 atom stereocenters. The maximum absolute atomic E-state index is 13.6. The summed E-state index contributed by atoms with van der Waals surface area (Å²) in [6.07, 6.45) is 8.33. The lowest BCUT2D eigenvalue weighted by Crippen LogP contribution is -2.34. The van der Waals surface area contributed by atoms with Gasteiger partial charge in [-0.05, 0) is 51.8 Å². The van der Waals surface area contributed by atoms with Crippen molar-refractivity contribution in [1.82, 2.24) is 49.4 Å². The SMILES string of the molecule is C=C(N1CCC(C(CC)n2nc(-c3ccc4c(cnn4C)c3)c(C3c4cn[nH]c4C=C(C)C3Cl)c2C)C1C)n1cnc(F)n1. The highest BCUT2D eigenvalue weighted by molar-refractivity contribution is 6.24. The van der Waals surface area contributed by atoms with Crippen LogP contribution >= 0.6 is 11.6 Å². The molecule has 7 rings (SSSR count). The number of nitrogens with one attached hydrogen (secondary N) is 1. The number of halogens is 2.